The van der Waals surface area contributed by atoms with Gasteiger partial charge < -0.3 is 17.9 Å². The van der Waals surface area contributed by atoms with Gasteiger partial charge in [0.1, 0.15) is 0 Å². The molecule has 0 rings (SSSR count). The van der Waals surface area contributed by atoms with Crippen LogP contribution in [0, 0.1) is 5.92 Å². The van der Waals surface area contributed by atoms with Gasteiger partial charge >= 0.3 is 5.97 Å². The van der Waals surface area contributed by atoms with E-state index < -0.39 is 17.2 Å². The van der Waals surface area contributed by atoms with E-state index in [-0.39, 0.29) is 22.8 Å². The number of ether oxygens (including phenoxy) is 1. The van der Waals surface area contributed by atoms with Gasteiger partial charge in [-0.3, -0.25) is 9.36 Å². The van der Waals surface area contributed by atoms with E-state index >= 15 is 0 Å². The maximum Gasteiger partial charge on any atom is 0.308 e. The lowest BCUT2D eigenvalue weighted by Crippen LogP contribution is -2.41. The molecule has 0 saturated carbocycles. The van der Waals surface area contributed by atoms with Crippen LogP contribution in [0.5, 0.6) is 0 Å². The Morgan fingerprint density at radius 1 is 0.933 bits per heavy atom. The fourth-order valence-electron chi connectivity index (χ4n) is 0.639. The van der Waals surface area contributed by atoms with Gasteiger partial charge in [-0.15, -0.1) is 0 Å². The van der Waals surface area contributed by atoms with Gasteiger partial charge in [-0.05, 0) is 33.6 Å². The van der Waals surface area contributed by atoms with Gasteiger partial charge in [0.05, 0.1) is 57.1 Å². The van der Waals surface area contributed by atoms with Crippen LogP contribution in [-0.4, -0.2) is 86.6 Å². The lowest BCUT2D eigenvalue weighted by atomic mass is 10.2. The summed E-state index contributed by atoms with van der Waals surface area (Å²) in [6.07, 6.45) is 0. The molecule has 186 valence electrons. The SMILES string of the molecule is C=S(=O)(OC)C(C)C.CC(C)[N+](C)(C)C.COC(=O)C(C)C.COP(C)(=O)C(C)C. The summed E-state index contributed by atoms with van der Waals surface area (Å²) in [5.74, 6) is 3.25. The molecule has 30 heavy (non-hydrogen) atoms. The minimum absolute atomic E-state index is 0.00463. The average Bonchev–Trinajstić information content (AvgIpc) is 2.61. The third kappa shape index (κ3) is 22.3. The zero-order valence-corrected chi connectivity index (χ0v) is 24.0. The minimum atomic E-state index is -2.25. The van der Waals surface area contributed by atoms with E-state index in [1.165, 1.54) is 21.3 Å². The second-order valence-corrected chi connectivity index (χ2v) is 14.8. The number of carbonyl (C=O) groups is 1. The molecule has 0 aliphatic heterocycles. The Kier molecular flexibility index (Phi) is 21.2. The fourth-order valence-corrected chi connectivity index (χ4v) is 1.45. The lowest BCUT2D eigenvalue weighted by molar-refractivity contribution is -0.891. The number of quaternary nitrogens is 1. The van der Waals surface area contributed by atoms with E-state index in [0.717, 1.165) is 10.5 Å². The highest BCUT2D eigenvalue weighted by atomic mass is 32.2. The first-order chi connectivity index (χ1) is 13.1. The van der Waals surface area contributed by atoms with Gasteiger partial charge in [0, 0.05) is 24.7 Å². The predicted molar refractivity (Wildman–Crippen MR) is 133 cm³/mol. The zero-order chi connectivity index (χ0) is 25.5. The highest BCUT2D eigenvalue weighted by Gasteiger charge is 2.17. The summed E-state index contributed by atoms with van der Waals surface area (Å²) in [4.78, 5) is 10.3. The second kappa shape index (κ2) is 17.2. The lowest BCUT2D eigenvalue weighted by Gasteiger charge is -2.28. The van der Waals surface area contributed by atoms with Crippen molar-refractivity contribution in [3.05, 3.63) is 0 Å². The molecule has 0 heterocycles. The minimum Gasteiger partial charge on any atom is -0.469 e. The number of hydrogen-bond donors (Lipinski definition) is 0. The molecule has 0 aliphatic carbocycles. The quantitative estimate of drug-likeness (QED) is 0.242. The molecular weight excluding hydrogens is 425 g/mol. The number of esters is 1. The van der Waals surface area contributed by atoms with Crippen LogP contribution in [0.4, 0.5) is 0 Å². The average molecular weight is 477 g/mol. The molecule has 0 aromatic rings. The van der Waals surface area contributed by atoms with Crippen LogP contribution >= 0.6 is 7.37 Å². The Bertz CT molecular complexity index is 579. The molecule has 0 N–H and O–H groups in total. The van der Waals surface area contributed by atoms with Crippen molar-refractivity contribution in [1.29, 1.82) is 0 Å². The highest BCUT2D eigenvalue weighted by molar-refractivity contribution is 7.96. The van der Waals surface area contributed by atoms with E-state index in [2.05, 4.69) is 49.8 Å². The molecule has 0 aromatic heterocycles. The first-order valence-corrected chi connectivity index (χ1v) is 13.9. The maximum absolute atomic E-state index is 11.1. The van der Waals surface area contributed by atoms with Crippen LogP contribution in [0.3, 0.4) is 0 Å². The smallest absolute Gasteiger partial charge is 0.308 e. The van der Waals surface area contributed by atoms with E-state index in [0.29, 0.717) is 0 Å². The van der Waals surface area contributed by atoms with Gasteiger partial charge in [-0.1, -0.05) is 27.7 Å². The zero-order valence-electron chi connectivity index (χ0n) is 22.3. The van der Waals surface area contributed by atoms with E-state index in [1.54, 1.807) is 20.5 Å². The molecule has 9 heteroatoms. The van der Waals surface area contributed by atoms with Crippen molar-refractivity contribution in [3.8, 4) is 0 Å². The van der Waals surface area contributed by atoms with Gasteiger partial charge in [-0.2, -0.15) is 0 Å². The van der Waals surface area contributed by atoms with Crippen molar-refractivity contribution in [3.63, 3.8) is 0 Å². The fraction of sp³-hybridized carbons (Fsp3) is 0.905. The van der Waals surface area contributed by atoms with Crippen LogP contribution in [0.1, 0.15) is 55.4 Å². The van der Waals surface area contributed by atoms with E-state index in [9.17, 15) is 13.6 Å². The van der Waals surface area contributed by atoms with Crippen molar-refractivity contribution in [2.24, 2.45) is 5.92 Å². The Hall–Kier alpha value is -0.400. The van der Waals surface area contributed by atoms with Gasteiger partial charge in [0.15, 0.2) is 0 Å². The molecule has 7 nitrogen and oxygen atoms in total. The number of methoxy groups -OCH3 is 1. The standard InChI is InChI=1S/C6H16N.C5H13O2P.C5H12O2S.C5H10O2/c1-6(2)7(3,4)5;2*1-5(2)8(4,6)7-3;1-4(2)5(6)7-3/h6H,1-5H3;5H,1-4H3;5H,4H2,1-3H3;4H,1-3H3/q+1;;;. The summed E-state index contributed by atoms with van der Waals surface area (Å²) in [6, 6.07) is 0.736. The molecule has 0 amide bonds. The van der Waals surface area contributed by atoms with Crippen molar-refractivity contribution < 1.29 is 31.5 Å². The van der Waals surface area contributed by atoms with Crippen LogP contribution in [-0.2, 0) is 32.6 Å². The molecule has 0 spiro atoms. The molecule has 0 aromatic carbocycles. The van der Waals surface area contributed by atoms with Gasteiger partial charge in [0.25, 0.3) is 0 Å². The van der Waals surface area contributed by atoms with E-state index in [4.69, 9.17) is 4.52 Å². The first kappa shape index (κ1) is 36.9. The molecule has 2 atom stereocenters. The number of carbonyl (C=O) groups excluding carboxylic acids is 1. The summed E-state index contributed by atoms with van der Waals surface area (Å²) in [5, 5.41) is 0.00694. The third-order valence-corrected chi connectivity index (χ3v) is 9.12. The highest BCUT2D eigenvalue weighted by Crippen LogP contribution is 2.46. The summed E-state index contributed by atoms with van der Waals surface area (Å²) in [6.45, 7) is 17.1. The monoisotopic (exact) mass is 476 g/mol. The molecule has 0 fully saturated rings. The van der Waals surface area contributed by atoms with Gasteiger partial charge in [0.2, 0.25) is 7.37 Å². The molecule has 2 unspecified atom stereocenters. The summed E-state index contributed by atoms with van der Waals surface area (Å²) >= 11 is 0. The molecule has 0 bridgehead atoms. The van der Waals surface area contributed by atoms with Crippen molar-refractivity contribution in [2.45, 2.75) is 72.3 Å². The largest absolute Gasteiger partial charge is 0.469 e. The molecular formula is C21H51NO6PS+. The predicted octanol–water partition coefficient (Wildman–Crippen LogP) is 4.54. The van der Waals surface area contributed by atoms with Crippen molar-refractivity contribution in [1.82, 2.24) is 0 Å². The van der Waals surface area contributed by atoms with Crippen LogP contribution in [0.25, 0.3) is 0 Å². The normalized spacial score (nSPS) is 15.0. The third-order valence-electron chi connectivity index (χ3n) is 4.52. The summed E-state index contributed by atoms with van der Waals surface area (Å²) in [5.41, 5.74) is 0.146. The Balaban J connectivity index is -0.000000151. The van der Waals surface area contributed by atoms with Gasteiger partial charge in [-0.25, -0.2) is 4.21 Å². The second-order valence-electron chi connectivity index (χ2n) is 8.95. The molecule has 0 aliphatic rings. The summed E-state index contributed by atoms with van der Waals surface area (Å²) < 4.78 is 36.8. The Labute approximate surface area is 188 Å². The van der Waals surface area contributed by atoms with Crippen LogP contribution in [0.2, 0.25) is 0 Å². The Morgan fingerprint density at radius 2 is 1.27 bits per heavy atom. The van der Waals surface area contributed by atoms with Crippen LogP contribution in [0.15, 0.2) is 0 Å². The number of nitrogens with zero attached hydrogens (tertiary/aromatic N) is 1. The first-order valence-electron chi connectivity index (χ1n) is 10.1. The Morgan fingerprint density at radius 3 is 1.27 bits per heavy atom. The molecule has 0 radical (unpaired) electrons. The summed E-state index contributed by atoms with van der Waals surface area (Å²) in [7, 11) is 6.41. The maximum atomic E-state index is 11.1. The van der Waals surface area contributed by atoms with Crippen LogP contribution < -0.4 is 0 Å². The van der Waals surface area contributed by atoms with E-state index in [1.807, 2.05) is 27.7 Å². The topological polar surface area (TPSA) is 78.9 Å². The van der Waals surface area contributed by atoms with Crippen molar-refractivity contribution >= 4 is 29.0 Å². The number of rotatable bonds is 6. The van der Waals surface area contributed by atoms with Crippen molar-refractivity contribution in [2.75, 3.05) is 49.1 Å². The molecule has 0 saturated heterocycles. The number of hydrogen-bond acceptors (Lipinski definition) is 6.